The fraction of sp³-hybridized carbons (Fsp3) is 0.391. The van der Waals surface area contributed by atoms with Crippen molar-refractivity contribution in [3.63, 3.8) is 0 Å². The first-order chi connectivity index (χ1) is 14.2. The van der Waals surface area contributed by atoms with Crippen LogP contribution in [0.4, 0.5) is 11.4 Å². The van der Waals surface area contributed by atoms with Crippen LogP contribution in [0.25, 0.3) is 0 Å². The van der Waals surface area contributed by atoms with E-state index in [2.05, 4.69) is 24.5 Å². The number of anilines is 2. The molecule has 0 unspecified atom stereocenters. The minimum absolute atomic E-state index is 0.0944. The predicted octanol–water partition coefficient (Wildman–Crippen LogP) is 5.62. The van der Waals surface area contributed by atoms with Crippen LogP contribution in [-0.4, -0.2) is 25.5 Å². The first kappa shape index (κ1) is 23.5. The maximum atomic E-state index is 12.7. The first-order valence-electron chi connectivity index (χ1n) is 9.93. The third-order valence-corrected chi connectivity index (χ3v) is 4.63. The maximum Gasteiger partial charge on any atom is 0.255 e. The number of halogens is 1. The van der Waals surface area contributed by atoms with Gasteiger partial charge in [-0.25, -0.2) is 0 Å². The molecule has 0 radical (unpaired) electrons. The van der Waals surface area contributed by atoms with Crippen molar-refractivity contribution < 1.29 is 19.1 Å². The molecular formula is C23H29ClN2O4. The van der Waals surface area contributed by atoms with Crippen LogP contribution in [0.3, 0.4) is 0 Å². The number of methoxy groups -OCH3 is 1. The first-order valence-corrected chi connectivity index (χ1v) is 10.3. The van der Waals surface area contributed by atoms with Gasteiger partial charge >= 0.3 is 0 Å². The number of rotatable bonds is 9. The number of carbonyl (C=O) groups excluding carboxylic acids is 2. The average molecular weight is 433 g/mol. The second-order valence-electron chi connectivity index (χ2n) is 7.70. The number of ether oxygens (including phenoxy) is 2. The Morgan fingerprint density at radius 2 is 1.70 bits per heavy atom. The third-order valence-electron chi connectivity index (χ3n) is 4.35. The summed E-state index contributed by atoms with van der Waals surface area (Å²) in [6.07, 6.45) is 0.880. The Bertz CT molecular complexity index is 897. The summed E-state index contributed by atoms with van der Waals surface area (Å²) < 4.78 is 11.1. The zero-order valence-electron chi connectivity index (χ0n) is 18.0. The van der Waals surface area contributed by atoms with Gasteiger partial charge in [-0.3, -0.25) is 9.59 Å². The Morgan fingerprint density at radius 1 is 1.03 bits per heavy atom. The van der Waals surface area contributed by atoms with Crippen LogP contribution in [-0.2, 0) is 4.79 Å². The van der Waals surface area contributed by atoms with Crippen molar-refractivity contribution in [3.8, 4) is 11.5 Å². The highest BCUT2D eigenvalue weighted by atomic mass is 35.5. The van der Waals surface area contributed by atoms with E-state index in [1.807, 2.05) is 13.8 Å². The molecule has 0 saturated heterocycles. The van der Waals surface area contributed by atoms with Gasteiger partial charge < -0.3 is 20.1 Å². The Hall–Kier alpha value is -2.73. The molecule has 0 bridgehead atoms. The molecule has 0 atom stereocenters. The molecule has 0 aliphatic carbocycles. The number of hydrogen-bond acceptors (Lipinski definition) is 4. The van der Waals surface area contributed by atoms with E-state index in [0.717, 1.165) is 6.42 Å². The van der Waals surface area contributed by atoms with Crippen molar-refractivity contribution in [2.45, 2.75) is 34.1 Å². The number of nitrogens with one attached hydrogen (secondary N) is 2. The molecule has 0 heterocycles. The summed E-state index contributed by atoms with van der Waals surface area (Å²) in [5.41, 5.74) is 1.49. The summed E-state index contributed by atoms with van der Waals surface area (Å²) in [6, 6.07) is 10.1. The van der Waals surface area contributed by atoms with Gasteiger partial charge in [0.15, 0.2) is 11.5 Å². The molecule has 2 aromatic rings. The Morgan fingerprint density at radius 3 is 2.30 bits per heavy atom. The van der Waals surface area contributed by atoms with Crippen molar-refractivity contribution >= 4 is 34.8 Å². The molecule has 0 fully saturated rings. The highest BCUT2D eigenvalue weighted by Gasteiger charge is 2.17. The van der Waals surface area contributed by atoms with E-state index in [9.17, 15) is 9.59 Å². The molecule has 2 aromatic carbocycles. The largest absolute Gasteiger partial charge is 0.493 e. The predicted molar refractivity (Wildman–Crippen MR) is 121 cm³/mol. The normalized spacial score (nSPS) is 10.8. The number of hydrogen-bond donors (Lipinski definition) is 2. The topological polar surface area (TPSA) is 76.7 Å². The summed E-state index contributed by atoms with van der Waals surface area (Å²) in [4.78, 5) is 24.6. The minimum atomic E-state index is -0.351. The quantitative estimate of drug-likeness (QED) is 0.539. The van der Waals surface area contributed by atoms with E-state index < -0.39 is 0 Å². The van der Waals surface area contributed by atoms with Crippen molar-refractivity contribution in [1.82, 2.24) is 0 Å². The van der Waals surface area contributed by atoms with Crippen LogP contribution in [0.5, 0.6) is 11.5 Å². The number of amides is 2. The maximum absolute atomic E-state index is 12.7. The van der Waals surface area contributed by atoms with Gasteiger partial charge in [-0.1, -0.05) is 45.4 Å². The van der Waals surface area contributed by atoms with Crippen molar-refractivity contribution in [2.24, 2.45) is 11.8 Å². The standard InChI is InChI=1S/C23H29ClN2O4/c1-14(2)9-10-30-21-19(24)11-16(12-20(21)29-5)23(28)26-18-8-6-7-17(13-18)25-22(27)15(3)4/h6-8,11-15H,9-10H2,1-5H3,(H,25,27)(H,26,28). The van der Waals surface area contributed by atoms with E-state index in [1.165, 1.54) is 7.11 Å². The van der Waals surface area contributed by atoms with Gasteiger partial charge in [0.2, 0.25) is 5.91 Å². The number of carbonyl (C=O) groups is 2. The van der Waals surface area contributed by atoms with Crippen LogP contribution >= 0.6 is 11.6 Å². The Balaban J connectivity index is 2.15. The monoisotopic (exact) mass is 432 g/mol. The molecule has 0 saturated carbocycles. The molecule has 0 aromatic heterocycles. The van der Waals surface area contributed by atoms with Crippen molar-refractivity contribution in [1.29, 1.82) is 0 Å². The number of benzene rings is 2. The molecule has 7 heteroatoms. The summed E-state index contributed by atoms with van der Waals surface area (Å²) in [7, 11) is 1.50. The smallest absolute Gasteiger partial charge is 0.255 e. The summed E-state index contributed by atoms with van der Waals surface area (Å²) in [6.45, 7) is 8.36. The third kappa shape index (κ3) is 6.66. The van der Waals surface area contributed by atoms with E-state index in [4.69, 9.17) is 21.1 Å². The fourth-order valence-corrected chi connectivity index (χ4v) is 2.82. The summed E-state index contributed by atoms with van der Waals surface area (Å²) >= 11 is 6.36. The molecular weight excluding hydrogens is 404 g/mol. The van der Waals surface area contributed by atoms with Gasteiger partial charge in [-0.05, 0) is 42.7 Å². The van der Waals surface area contributed by atoms with Crippen LogP contribution in [0.15, 0.2) is 36.4 Å². The summed E-state index contributed by atoms with van der Waals surface area (Å²) in [5.74, 6) is 0.739. The van der Waals surface area contributed by atoms with Crippen LogP contribution in [0.1, 0.15) is 44.5 Å². The lowest BCUT2D eigenvalue weighted by Gasteiger charge is -2.15. The highest BCUT2D eigenvalue weighted by Crippen LogP contribution is 2.37. The van der Waals surface area contributed by atoms with Gasteiger partial charge in [-0.15, -0.1) is 0 Å². The lowest BCUT2D eigenvalue weighted by Crippen LogP contribution is -2.18. The van der Waals surface area contributed by atoms with Gasteiger partial charge in [-0.2, -0.15) is 0 Å². The van der Waals surface area contributed by atoms with Crippen molar-refractivity contribution in [2.75, 3.05) is 24.4 Å². The zero-order valence-corrected chi connectivity index (χ0v) is 18.8. The van der Waals surface area contributed by atoms with E-state index >= 15 is 0 Å². The molecule has 2 amide bonds. The van der Waals surface area contributed by atoms with Gasteiger partial charge in [0, 0.05) is 22.9 Å². The van der Waals surface area contributed by atoms with Crippen LogP contribution < -0.4 is 20.1 Å². The Kier molecular flexibility index (Phi) is 8.54. The molecule has 2 rings (SSSR count). The second-order valence-corrected chi connectivity index (χ2v) is 8.11. The Labute approximate surface area is 182 Å². The van der Waals surface area contributed by atoms with E-state index in [0.29, 0.717) is 46.0 Å². The minimum Gasteiger partial charge on any atom is -0.493 e. The van der Waals surface area contributed by atoms with Gasteiger partial charge in [0.05, 0.1) is 18.7 Å². The van der Waals surface area contributed by atoms with Crippen LogP contribution in [0.2, 0.25) is 5.02 Å². The fourth-order valence-electron chi connectivity index (χ4n) is 2.55. The molecule has 30 heavy (non-hydrogen) atoms. The van der Waals surface area contributed by atoms with Gasteiger partial charge in [0.1, 0.15) is 0 Å². The van der Waals surface area contributed by atoms with Crippen molar-refractivity contribution in [3.05, 3.63) is 47.0 Å². The van der Waals surface area contributed by atoms with E-state index in [-0.39, 0.29) is 17.7 Å². The molecule has 0 aliphatic rings. The highest BCUT2D eigenvalue weighted by molar-refractivity contribution is 6.32. The van der Waals surface area contributed by atoms with E-state index in [1.54, 1.807) is 36.4 Å². The SMILES string of the molecule is COc1cc(C(=O)Nc2cccc(NC(=O)C(C)C)c2)cc(Cl)c1OCCC(C)C. The van der Waals surface area contributed by atoms with Crippen LogP contribution in [0, 0.1) is 11.8 Å². The molecule has 0 spiro atoms. The molecule has 6 nitrogen and oxygen atoms in total. The van der Waals surface area contributed by atoms with Gasteiger partial charge in [0.25, 0.3) is 5.91 Å². The zero-order chi connectivity index (χ0) is 22.3. The summed E-state index contributed by atoms with van der Waals surface area (Å²) in [5, 5.41) is 5.93. The molecule has 0 aliphatic heterocycles. The lowest BCUT2D eigenvalue weighted by molar-refractivity contribution is -0.118. The molecule has 162 valence electrons. The second kappa shape index (κ2) is 10.9. The average Bonchev–Trinajstić information content (AvgIpc) is 2.68. The lowest BCUT2D eigenvalue weighted by atomic mass is 10.1. The molecule has 2 N–H and O–H groups in total.